The van der Waals surface area contributed by atoms with E-state index in [-0.39, 0.29) is 5.41 Å². The molecule has 2 rings (SSSR count). The van der Waals surface area contributed by atoms with Crippen molar-refractivity contribution in [3.8, 4) is 0 Å². The Balaban J connectivity index is 1.92. The third kappa shape index (κ3) is 4.41. The third-order valence-corrected chi connectivity index (χ3v) is 4.98. The van der Waals surface area contributed by atoms with Crippen LogP contribution in [0.5, 0.6) is 0 Å². The summed E-state index contributed by atoms with van der Waals surface area (Å²) in [5, 5.41) is 0. The highest BCUT2D eigenvalue weighted by atomic mass is 16.5. The predicted octanol–water partition coefficient (Wildman–Crippen LogP) is 4.40. The monoisotopic (exact) mass is 288 g/mol. The zero-order chi connectivity index (χ0) is 15.5. The van der Waals surface area contributed by atoms with Crippen molar-refractivity contribution in [1.29, 1.82) is 0 Å². The Hall–Kier alpha value is -1.15. The largest absolute Gasteiger partial charge is 0.381 e. The molecular weight excluding hydrogens is 260 g/mol. The summed E-state index contributed by atoms with van der Waals surface area (Å²) < 4.78 is 5.43. The van der Waals surface area contributed by atoms with Crippen LogP contribution in [0.4, 0.5) is 0 Å². The Morgan fingerprint density at radius 2 is 1.95 bits per heavy atom. The lowest BCUT2D eigenvalue weighted by Gasteiger charge is -2.36. The van der Waals surface area contributed by atoms with E-state index in [0.717, 1.165) is 25.7 Å². The van der Waals surface area contributed by atoms with E-state index < -0.39 is 0 Å². The molecule has 0 aliphatic heterocycles. The average molecular weight is 288 g/mol. The van der Waals surface area contributed by atoms with Crippen LogP contribution in [0.3, 0.4) is 0 Å². The van der Waals surface area contributed by atoms with Crippen LogP contribution in [-0.4, -0.2) is 19.0 Å². The number of ether oxygens (including phenoxy) is 1. The number of aryl methyl sites for hydroxylation is 2. The van der Waals surface area contributed by atoms with E-state index in [1.54, 1.807) is 7.11 Å². The second kappa shape index (κ2) is 6.74. The normalized spacial score (nSPS) is 25.8. The smallest absolute Gasteiger partial charge is 0.137 e. The van der Waals surface area contributed by atoms with Gasteiger partial charge >= 0.3 is 0 Å². The SMILES string of the molecule is COC1CCC(C)(CC(=O)Cc2ccc(C)cc2C)CC1. The summed E-state index contributed by atoms with van der Waals surface area (Å²) in [6.07, 6.45) is 6.06. The van der Waals surface area contributed by atoms with Crippen molar-refractivity contribution in [3.63, 3.8) is 0 Å². The van der Waals surface area contributed by atoms with E-state index in [1.165, 1.54) is 16.7 Å². The molecule has 116 valence electrons. The van der Waals surface area contributed by atoms with Crippen LogP contribution in [0.25, 0.3) is 0 Å². The Labute approximate surface area is 128 Å². The van der Waals surface area contributed by atoms with Gasteiger partial charge in [0.2, 0.25) is 0 Å². The molecule has 1 fully saturated rings. The molecular formula is C19H28O2. The van der Waals surface area contributed by atoms with Crippen LogP contribution < -0.4 is 0 Å². The van der Waals surface area contributed by atoms with Crippen molar-refractivity contribution in [2.75, 3.05) is 7.11 Å². The second-order valence-corrected chi connectivity index (χ2v) is 7.07. The van der Waals surface area contributed by atoms with Gasteiger partial charge in [-0.2, -0.15) is 0 Å². The summed E-state index contributed by atoms with van der Waals surface area (Å²) >= 11 is 0. The number of Topliss-reactive ketones (excluding diaryl/α,β-unsaturated/α-hetero) is 1. The lowest BCUT2D eigenvalue weighted by molar-refractivity contribution is -0.121. The van der Waals surface area contributed by atoms with Gasteiger partial charge < -0.3 is 4.74 Å². The fraction of sp³-hybridized carbons (Fsp3) is 0.632. The number of carbonyl (C=O) groups is 1. The summed E-state index contributed by atoms with van der Waals surface area (Å²) in [5.74, 6) is 0.375. The maximum Gasteiger partial charge on any atom is 0.137 e. The molecule has 2 nitrogen and oxygen atoms in total. The number of benzene rings is 1. The molecule has 1 aromatic rings. The van der Waals surface area contributed by atoms with Crippen LogP contribution in [0.2, 0.25) is 0 Å². The van der Waals surface area contributed by atoms with Crippen molar-refractivity contribution in [1.82, 2.24) is 0 Å². The first-order chi connectivity index (χ1) is 9.92. The van der Waals surface area contributed by atoms with Gasteiger partial charge in [-0.25, -0.2) is 0 Å². The third-order valence-electron chi connectivity index (χ3n) is 4.98. The van der Waals surface area contributed by atoms with Gasteiger partial charge in [-0.1, -0.05) is 30.7 Å². The minimum Gasteiger partial charge on any atom is -0.381 e. The molecule has 0 aromatic heterocycles. The molecule has 1 aromatic carbocycles. The number of carbonyl (C=O) groups excluding carboxylic acids is 1. The van der Waals surface area contributed by atoms with Crippen molar-refractivity contribution < 1.29 is 9.53 Å². The number of hydrogen-bond acceptors (Lipinski definition) is 2. The maximum absolute atomic E-state index is 12.4. The van der Waals surface area contributed by atoms with E-state index in [2.05, 4.69) is 39.0 Å². The quantitative estimate of drug-likeness (QED) is 0.802. The van der Waals surface area contributed by atoms with E-state index in [4.69, 9.17) is 4.74 Å². The van der Waals surface area contributed by atoms with Crippen LogP contribution in [0.1, 0.15) is 55.7 Å². The molecule has 0 radical (unpaired) electrons. The van der Waals surface area contributed by atoms with Crippen molar-refractivity contribution >= 4 is 5.78 Å². The Bertz CT molecular complexity index is 496. The maximum atomic E-state index is 12.4. The highest BCUT2D eigenvalue weighted by Gasteiger charge is 2.32. The summed E-state index contributed by atoms with van der Waals surface area (Å²) in [6.45, 7) is 6.45. The van der Waals surface area contributed by atoms with Crippen LogP contribution in [0, 0.1) is 19.3 Å². The van der Waals surface area contributed by atoms with Crippen molar-refractivity contribution in [2.24, 2.45) is 5.41 Å². The van der Waals surface area contributed by atoms with Crippen LogP contribution in [0.15, 0.2) is 18.2 Å². The predicted molar refractivity (Wildman–Crippen MR) is 86.6 cm³/mol. The van der Waals surface area contributed by atoms with Crippen LogP contribution in [-0.2, 0) is 16.0 Å². The molecule has 0 unspecified atom stereocenters. The molecule has 0 bridgehead atoms. The van der Waals surface area contributed by atoms with E-state index in [1.807, 2.05) is 0 Å². The van der Waals surface area contributed by atoms with Gasteiger partial charge in [0.15, 0.2) is 0 Å². The number of rotatable bonds is 5. The fourth-order valence-corrected chi connectivity index (χ4v) is 3.50. The molecule has 1 saturated carbocycles. The van der Waals surface area contributed by atoms with E-state index in [9.17, 15) is 4.79 Å². The zero-order valence-electron chi connectivity index (χ0n) is 13.9. The van der Waals surface area contributed by atoms with Gasteiger partial charge in [0.05, 0.1) is 6.10 Å². The van der Waals surface area contributed by atoms with Gasteiger partial charge in [-0.05, 0) is 56.1 Å². The van der Waals surface area contributed by atoms with Gasteiger partial charge in [0.1, 0.15) is 5.78 Å². The topological polar surface area (TPSA) is 26.3 Å². The average Bonchev–Trinajstić information content (AvgIpc) is 2.42. The van der Waals surface area contributed by atoms with E-state index in [0.29, 0.717) is 24.7 Å². The minimum atomic E-state index is 0.171. The van der Waals surface area contributed by atoms with Gasteiger partial charge in [0.25, 0.3) is 0 Å². The van der Waals surface area contributed by atoms with Crippen molar-refractivity contribution in [3.05, 3.63) is 34.9 Å². The fourth-order valence-electron chi connectivity index (χ4n) is 3.50. The highest BCUT2D eigenvalue weighted by Crippen LogP contribution is 2.40. The lowest BCUT2D eigenvalue weighted by atomic mass is 9.71. The molecule has 1 aliphatic carbocycles. The minimum absolute atomic E-state index is 0.171. The molecule has 0 saturated heterocycles. The first kappa shape index (κ1) is 16.2. The molecule has 2 heteroatoms. The molecule has 0 amide bonds. The molecule has 21 heavy (non-hydrogen) atoms. The first-order valence-corrected chi connectivity index (χ1v) is 8.02. The van der Waals surface area contributed by atoms with Crippen molar-refractivity contribution in [2.45, 2.75) is 65.4 Å². The summed E-state index contributed by atoms with van der Waals surface area (Å²) in [4.78, 5) is 12.4. The highest BCUT2D eigenvalue weighted by molar-refractivity contribution is 5.81. The molecule has 0 atom stereocenters. The number of ketones is 1. The molecule has 0 N–H and O–H groups in total. The molecule has 0 spiro atoms. The van der Waals surface area contributed by atoms with Gasteiger partial charge in [0, 0.05) is 20.0 Å². The Morgan fingerprint density at radius 3 is 2.52 bits per heavy atom. The van der Waals surface area contributed by atoms with Gasteiger partial charge in [-0.15, -0.1) is 0 Å². The number of methoxy groups -OCH3 is 1. The van der Waals surface area contributed by atoms with E-state index >= 15 is 0 Å². The van der Waals surface area contributed by atoms with Gasteiger partial charge in [-0.3, -0.25) is 4.79 Å². The molecule has 1 aliphatic rings. The van der Waals surface area contributed by atoms with Crippen LogP contribution >= 0.6 is 0 Å². The molecule has 0 heterocycles. The lowest BCUT2D eigenvalue weighted by Crippen LogP contribution is -2.30. The number of hydrogen-bond donors (Lipinski definition) is 0. The summed E-state index contributed by atoms with van der Waals surface area (Å²) in [5.41, 5.74) is 3.84. The zero-order valence-corrected chi connectivity index (χ0v) is 13.9. The Kier molecular flexibility index (Phi) is 5.21. The standard InChI is InChI=1S/C19H28O2/c1-14-5-6-16(15(2)11-14)12-17(20)13-19(3)9-7-18(21-4)8-10-19/h5-6,11,18H,7-10,12-13H2,1-4H3. The summed E-state index contributed by atoms with van der Waals surface area (Å²) in [6, 6.07) is 6.36. The second-order valence-electron chi connectivity index (χ2n) is 7.07. The summed E-state index contributed by atoms with van der Waals surface area (Å²) in [7, 11) is 1.79. The Morgan fingerprint density at radius 1 is 1.29 bits per heavy atom. The first-order valence-electron chi connectivity index (χ1n) is 8.02.